The van der Waals surface area contributed by atoms with Crippen molar-refractivity contribution in [2.24, 2.45) is 5.92 Å². The van der Waals surface area contributed by atoms with Crippen LogP contribution in [0.1, 0.15) is 5.56 Å². The average Bonchev–Trinajstić information content (AvgIpc) is 3.07. The first-order valence-electron chi connectivity index (χ1n) is 9.47. The number of fused-ring (bicyclic) bond motifs is 2. The summed E-state index contributed by atoms with van der Waals surface area (Å²) in [5.74, 6) is -0.498. The third-order valence-corrected chi connectivity index (χ3v) is 6.78. The molecule has 2 aromatic rings. The van der Waals surface area contributed by atoms with Crippen LogP contribution in [-0.2, 0) is 4.79 Å². The van der Waals surface area contributed by atoms with Crippen molar-refractivity contribution in [2.45, 2.75) is 4.90 Å². The molecule has 0 aromatic heterocycles. The van der Waals surface area contributed by atoms with Crippen molar-refractivity contribution in [3.8, 4) is 0 Å². The second kappa shape index (κ2) is 6.71. The van der Waals surface area contributed by atoms with E-state index in [1.54, 1.807) is 17.8 Å². The third-order valence-electron chi connectivity index (χ3n) is 5.61. The highest BCUT2D eigenvalue weighted by Crippen LogP contribution is 2.46. The molecule has 1 atom stereocenters. The molecule has 0 amide bonds. The number of aliphatic hydroxyl groups excluding tert-OH is 1. The number of ketones is 1. The van der Waals surface area contributed by atoms with Gasteiger partial charge in [0.1, 0.15) is 11.7 Å². The lowest BCUT2D eigenvalue weighted by Crippen LogP contribution is -2.31. The van der Waals surface area contributed by atoms with Crippen LogP contribution in [-0.4, -0.2) is 25.0 Å². The molecule has 0 radical (unpaired) electrons. The lowest BCUT2D eigenvalue weighted by Gasteiger charge is -2.30. The number of aliphatic hydroxyl groups is 1. The number of anilines is 2. The van der Waals surface area contributed by atoms with Gasteiger partial charge in [-0.1, -0.05) is 48.2 Å². The van der Waals surface area contributed by atoms with E-state index in [1.165, 1.54) is 0 Å². The van der Waals surface area contributed by atoms with Crippen molar-refractivity contribution < 1.29 is 9.90 Å². The molecule has 4 nitrogen and oxygen atoms in total. The number of hydrogen-bond acceptors (Lipinski definition) is 5. The summed E-state index contributed by atoms with van der Waals surface area (Å²) < 4.78 is 0. The average molecular weight is 401 g/mol. The molecule has 0 saturated heterocycles. The predicted octanol–water partition coefficient (Wildman–Crippen LogP) is 5.13. The number of carbonyl (C=O) groups excluding carboxylic acids is 1. The van der Waals surface area contributed by atoms with Crippen LogP contribution in [0, 0.1) is 5.92 Å². The number of hydrogen-bond donors (Lipinski definition) is 1. The molecule has 5 heteroatoms. The van der Waals surface area contributed by atoms with E-state index in [4.69, 9.17) is 0 Å². The smallest absolute Gasteiger partial charge is 0.180 e. The molecule has 29 heavy (non-hydrogen) atoms. The van der Waals surface area contributed by atoms with E-state index < -0.39 is 5.92 Å². The molecule has 2 aromatic carbocycles. The van der Waals surface area contributed by atoms with Gasteiger partial charge in [-0.2, -0.15) is 0 Å². The van der Waals surface area contributed by atoms with Crippen LogP contribution in [0.2, 0.25) is 0 Å². The van der Waals surface area contributed by atoms with E-state index in [-0.39, 0.29) is 11.5 Å². The Bertz CT molecular complexity index is 1160. The highest BCUT2D eigenvalue weighted by molar-refractivity contribution is 8.03. The third kappa shape index (κ3) is 2.81. The van der Waals surface area contributed by atoms with Gasteiger partial charge in [-0.05, 0) is 42.0 Å². The zero-order chi connectivity index (χ0) is 20.1. The van der Waals surface area contributed by atoms with Crippen LogP contribution in [0.25, 0.3) is 6.08 Å². The van der Waals surface area contributed by atoms with Crippen LogP contribution in [0.5, 0.6) is 0 Å². The van der Waals surface area contributed by atoms with Crippen LogP contribution in [0.15, 0.2) is 93.7 Å². The number of para-hydroxylation sites is 2. The summed E-state index contributed by atoms with van der Waals surface area (Å²) in [5, 5.41) is 11.6. The van der Waals surface area contributed by atoms with E-state index in [9.17, 15) is 9.90 Å². The molecule has 0 saturated carbocycles. The molecule has 2 aliphatic heterocycles. The summed E-state index contributed by atoms with van der Waals surface area (Å²) in [7, 11) is 3.95. The first-order valence-corrected chi connectivity index (χ1v) is 10.3. The number of nitrogens with zero attached hydrogens (tertiary/aromatic N) is 2. The Balaban J connectivity index is 1.42. The standard InChI is InChI=1S/C24H20N2O2S/c1-25-16(12-11-15-7-3-4-8-19(15)25)13-17-23(27)18(24(17)28)14-22-26(2)20-9-5-6-10-21(20)29-22/h3-14,17,27H,1-2H3/b16-13+,22-14-. The Morgan fingerprint density at radius 2 is 1.69 bits per heavy atom. The summed E-state index contributed by atoms with van der Waals surface area (Å²) in [6, 6.07) is 16.2. The van der Waals surface area contributed by atoms with Crippen molar-refractivity contribution in [1.82, 2.24) is 0 Å². The summed E-state index contributed by atoms with van der Waals surface area (Å²) in [6.45, 7) is 0. The van der Waals surface area contributed by atoms with Crippen molar-refractivity contribution in [1.29, 1.82) is 0 Å². The Labute approximate surface area is 174 Å². The molecule has 5 rings (SSSR count). The molecular weight excluding hydrogens is 380 g/mol. The second-order valence-electron chi connectivity index (χ2n) is 7.29. The van der Waals surface area contributed by atoms with Crippen LogP contribution in [0.4, 0.5) is 11.4 Å². The van der Waals surface area contributed by atoms with Gasteiger partial charge in [0.05, 0.1) is 16.3 Å². The topological polar surface area (TPSA) is 43.8 Å². The maximum atomic E-state index is 12.8. The monoisotopic (exact) mass is 400 g/mol. The van der Waals surface area contributed by atoms with Gasteiger partial charge in [0, 0.05) is 30.4 Å². The van der Waals surface area contributed by atoms with Gasteiger partial charge in [0.2, 0.25) is 0 Å². The van der Waals surface area contributed by atoms with Crippen LogP contribution in [0.3, 0.4) is 0 Å². The zero-order valence-corrected chi connectivity index (χ0v) is 17.0. The summed E-state index contributed by atoms with van der Waals surface area (Å²) >= 11 is 1.61. The Morgan fingerprint density at radius 3 is 2.45 bits per heavy atom. The number of likely N-dealkylation sites (N-methyl/N-ethyl adjacent to an activating group) is 1. The van der Waals surface area contributed by atoms with Crippen LogP contribution < -0.4 is 9.80 Å². The maximum Gasteiger partial charge on any atom is 0.180 e. The molecule has 2 heterocycles. The van der Waals surface area contributed by atoms with Crippen molar-refractivity contribution in [2.75, 3.05) is 23.9 Å². The first kappa shape index (κ1) is 17.9. The Morgan fingerprint density at radius 1 is 0.966 bits per heavy atom. The zero-order valence-electron chi connectivity index (χ0n) is 16.2. The number of allylic oxidation sites excluding steroid dienone is 4. The van der Waals surface area contributed by atoms with E-state index >= 15 is 0 Å². The normalized spacial score (nSPS) is 23.0. The van der Waals surface area contributed by atoms with Gasteiger partial charge < -0.3 is 14.9 Å². The fourth-order valence-electron chi connectivity index (χ4n) is 3.88. The SMILES string of the molecule is CN1/C(=C/C2=C(O)C(/C=C3\C=Cc4ccccc4N3C)C2=O)Sc2ccccc21. The van der Waals surface area contributed by atoms with Gasteiger partial charge in [-0.25, -0.2) is 0 Å². The lowest BCUT2D eigenvalue weighted by molar-refractivity contribution is -0.120. The summed E-state index contributed by atoms with van der Waals surface area (Å²) in [6.07, 6.45) is 7.66. The van der Waals surface area contributed by atoms with Crippen LogP contribution >= 0.6 is 11.8 Å². The molecule has 144 valence electrons. The highest BCUT2D eigenvalue weighted by Gasteiger charge is 2.38. The number of Topliss-reactive ketones (excluding diaryl/α,β-unsaturated/α-hetero) is 1. The lowest BCUT2D eigenvalue weighted by atomic mass is 9.81. The van der Waals surface area contributed by atoms with E-state index in [0.29, 0.717) is 5.57 Å². The molecular formula is C24H20N2O2S. The predicted molar refractivity (Wildman–Crippen MR) is 119 cm³/mol. The van der Waals surface area contributed by atoms with E-state index in [1.807, 2.05) is 72.5 Å². The molecule has 1 unspecified atom stereocenters. The minimum atomic E-state index is -0.590. The van der Waals surface area contributed by atoms with Gasteiger partial charge in [0.15, 0.2) is 5.78 Å². The van der Waals surface area contributed by atoms with Gasteiger partial charge in [-0.15, -0.1) is 0 Å². The molecule has 1 aliphatic carbocycles. The second-order valence-corrected chi connectivity index (χ2v) is 8.36. The fraction of sp³-hybridized carbons (Fsp3) is 0.125. The molecule has 3 aliphatic rings. The Hall–Kier alpha value is -3.18. The van der Waals surface area contributed by atoms with Crippen molar-refractivity contribution in [3.05, 3.63) is 94.4 Å². The van der Waals surface area contributed by atoms with Gasteiger partial charge in [-0.3, -0.25) is 4.79 Å². The summed E-state index contributed by atoms with van der Waals surface area (Å²) in [5.41, 5.74) is 4.64. The molecule has 1 N–H and O–H groups in total. The first-order chi connectivity index (χ1) is 14.0. The number of carbonyl (C=O) groups is 1. The number of benzene rings is 2. The molecule has 0 spiro atoms. The summed E-state index contributed by atoms with van der Waals surface area (Å²) in [4.78, 5) is 18.0. The number of thioether (sulfide) groups is 1. The van der Waals surface area contributed by atoms with Crippen molar-refractivity contribution >= 4 is 35.0 Å². The quantitative estimate of drug-likeness (QED) is 0.757. The molecule has 0 fully saturated rings. The molecule has 0 bridgehead atoms. The maximum absolute atomic E-state index is 12.8. The van der Waals surface area contributed by atoms with E-state index in [0.717, 1.165) is 32.6 Å². The largest absolute Gasteiger partial charge is 0.510 e. The van der Waals surface area contributed by atoms with Crippen molar-refractivity contribution in [3.63, 3.8) is 0 Å². The Kier molecular flexibility index (Phi) is 4.14. The van der Waals surface area contributed by atoms with E-state index in [2.05, 4.69) is 18.2 Å². The minimum Gasteiger partial charge on any atom is -0.510 e. The highest BCUT2D eigenvalue weighted by atomic mass is 32.2. The number of rotatable bonds is 2. The fourth-order valence-corrected chi connectivity index (χ4v) is 4.97. The van der Waals surface area contributed by atoms with Gasteiger partial charge >= 0.3 is 0 Å². The van der Waals surface area contributed by atoms with Gasteiger partial charge in [0.25, 0.3) is 0 Å². The minimum absolute atomic E-state index is 0.0480.